The molecular formula is C9H13NO. The first-order valence-corrected chi connectivity index (χ1v) is 3.90. The summed E-state index contributed by atoms with van der Waals surface area (Å²) in [7, 11) is 0. The van der Waals surface area contributed by atoms with Crippen molar-refractivity contribution in [3.05, 3.63) is 23.5 Å². The lowest BCUT2D eigenvalue weighted by Gasteiger charge is -2.21. The summed E-state index contributed by atoms with van der Waals surface area (Å²) in [6, 6.07) is 0. The topological polar surface area (TPSA) is 25.2 Å². The van der Waals surface area contributed by atoms with Crippen molar-refractivity contribution in [1.29, 1.82) is 0 Å². The van der Waals surface area contributed by atoms with Crippen molar-refractivity contribution in [2.75, 3.05) is 0 Å². The second-order valence-corrected chi connectivity index (χ2v) is 4.15. The minimum absolute atomic E-state index is 0.146. The maximum absolute atomic E-state index is 9.17. The van der Waals surface area contributed by atoms with Gasteiger partial charge in [-0.25, -0.2) is 0 Å². The Hall–Kier alpha value is -0.760. The van der Waals surface area contributed by atoms with Crippen LogP contribution in [0.25, 0.3) is 0 Å². The van der Waals surface area contributed by atoms with Crippen molar-refractivity contribution in [2.45, 2.75) is 32.4 Å². The van der Waals surface area contributed by atoms with E-state index in [9.17, 15) is 0 Å². The second-order valence-electron chi connectivity index (χ2n) is 4.15. The normalized spacial score (nSPS) is 16.7. The predicted octanol–water partition coefficient (Wildman–Crippen LogP) is 1.64. The number of rotatable bonds is 0. The molecule has 2 nitrogen and oxygen atoms in total. The summed E-state index contributed by atoms with van der Waals surface area (Å²) in [6.07, 6.45) is 3.81. The van der Waals surface area contributed by atoms with E-state index in [0.717, 1.165) is 11.1 Å². The summed E-state index contributed by atoms with van der Waals surface area (Å²) in [5.74, 6) is 0. The van der Waals surface area contributed by atoms with Crippen LogP contribution in [-0.4, -0.2) is 9.67 Å². The van der Waals surface area contributed by atoms with Gasteiger partial charge in [-0.1, -0.05) is 0 Å². The summed E-state index contributed by atoms with van der Waals surface area (Å²) in [4.78, 5) is 0. The van der Waals surface area contributed by atoms with Crippen molar-refractivity contribution in [2.24, 2.45) is 0 Å². The molecule has 0 fully saturated rings. The van der Waals surface area contributed by atoms with E-state index >= 15 is 0 Å². The summed E-state index contributed by atoms with van der Waals surface area (Å²) >= 11 is 0. The van der Waals surface area contributed by atoms with Crippen LogP contribution in [0.5, 0.6) is 0 Å². The highest BCUT2D eigenvalue weighted by atomic mass is 16.3. The molecule has 2 heteroatoms. The van der Waals surface area contributed by atoms with E-state index in [1.807, 2.05) is 12.4 Å². The third kappa shape index (κ3) is 0.897. The second kappa shape index (κ2) is 1.69. The molecule has 0 saturated carbocycles. The monoisotopic (exact) mass is 151 g/mol. The van der Waals surface area contributed by atoms with E-state index in [0.29, 0.717) is 0 Å². The number of aromatic nitrogens is 1. The van der Waals surface area contributed by atoms with Crippen molar-refractivity contribution >= 4 is 0 Å². The lowest BCUT2D eigenvalue weighted by Crippen LogP contribution is -2.20. The Morgan fingerprint density at radius 2 is 1.73 bits per heavy atom. The molecule has 0 amide bonds. The Balaban J connectivity index is 2.33. The molecule has 0 unspecified atom stereocenters. The molecule has 1 N–H and O–H groups in total. The van der Waals surface area contributed by atoms with Crippen LogP contribution in [-0.2, 0) is 5.54 Å². The number of fused-ring (bicyclic) bond motifs is 1. The molecule has 11 heavy (non-hydrogen) atoms. The van der Waals surface area contributed by atoms with Crippen molar-refractivity contribution in [1.82, 2.24) is 4.57 Å². The van der Waals surface area contributed by atoms with Crippen LogP contribution in [0.15, 0.2) is 12.4 Å². The van der Waals surface area contributed by atoms with Crippen LogP contribution >= 0.6 is 0 Å². The van der Waals surface area contributed by atoms with Gasteiger partial charge >= 0.3 is 0 Å². The highest BCUT2D eigenvalue weighted by Crippen LogP contribution is 2.42. The lowest BCUT2D eigenvalue weighted by atomic mass is 10.1. The van der Waals surface area contributed by atoms with Gasteiger partial charge in [-0.2, -0.15) is 0 Å². The third-order valence-electron chi connectivity index (χ3n) is 2.17. The third-order valence-corrected chi connectivity index (χ3v) is 2.17. The van der Waals surface area contributed by atoms with Gasteiger partial charge in [0, 0.05) is 29.1 Å². The molecule has 0 bridgehead atoms. The van der Waals surface area contributed by atoms with Gasteiger partial charge in [0.05, 0.1) is 0 Å². The van der Waals surface area contributed by atoms with Crippen LogP contribution in [0.2, 0.25) is 0 Å². The molecule has 1 aromatic rings. The number of nitrogens with zero attached hydrogens (tertiary/aromatic N) is 1. The Morgan fingerprint density at radius 3 is 2.09 bits per heavy atom. The number of hydrogen-bond donors (Lipinski definition) is 1. The Kier molecular flexibility index (Phi) is 1.07. The van der Waals surface area contributed by atoms with Gasteiger partial charge in [-0.3, -0.25) is 0 Å². The van der Waals surface area contributed by atoms with Crippen molar-refractivity contribution in [3.63, 3.8) is 0 Å². The average Bonchev–Trinajstić information content (AvgIpc) is 2.39. The highest BCUT2D eigenvalue weighted by Gasteiger charge is 2.34. The van der Waals surface area contributed by atoms with E-state index in [1.54, 1.807) is 0 Å². The smallest absolute Gasteiger partial charge is 0.108 e. The predicted molar refractivity (Wildman–Crippen MR) is 43.5 cm³/mol. The maximum Gasteiger partial charge on any atom is 0.108 e. The summed E-state index contributed by atoms with van der Waals surface area (Å²) in [6.45, 7) is 6.45. The molecule has 60 valence electrons. The molecule has 2 rings (SSSR count). The number of aliphatic hydroxyl groups is 1. The number of hydrogen-bond acceptors (Lipinski definition) is 1. The van der Waals surface area contributed by atoms with E-state index in [1.165, 1.54) is 0 Å². The SMILES string of the molecule is CC(C)(C)n1cc2c(c1)C2O. The molecule has 1 aliphatic rings. The zero-order chi connectivity index (χ0) is 8.22. The Bertz CT molecular complexity index is 272. The van der Waals surface area contributed by atoms with Crippen molar-refractivity contribution < 1.29 is 5.11 Å². The molecule has 0 radical (unpaired) electrons. The van der Waals surface area contributed by atoms with Gasteiger partial charge in [0.15, 0.2) is 0 Å². The number of aliphatic hydroxyl groups excluding tert-OH is 1. The van der Waals surface area contributed by atoms with Gasteiger partial charge < -0.3 is 9.67 Å². The largest absolute Gasteiger partial charge is 0.384 e. The van der Waals surface area contributed by atoms with Gasteiger partial charge in [0.2, 0.25) is 0 Å². The fourth-order valence-corrected chi connectivity index (χ4v) is 1.26. The molecule has 0 atom stereocenters. The summed E-state index contributed by atoms with van der Waals surface area (Å²) in [5, 5.41) is 9.17. The zero-order valence-corrected chi connectivity index (χ0v) is 7.13. The van der Waals surface area contributed by atoms with E-state index in [-0.39, 0.29) is 11.6 Å². The standard InChI is InChI=1S/C9H13NO/c1-9(2,3)10-4-6-7(5-10)8(6)11/h4-5,8,11H,1-3H3. The molecule has 1 heterocycles. The molecule has 1 aromatic heterocycles. The van der Waals surface area contributed by atoms with Crippen LogP contribution < -0.4 is 0 Å². The van der Waals surface area contributed by atoms with Crippen molar-refractivity contribution in [3.8, 4) is 0 Å². The molecular weight excluding hydrogens is 138 g/mol. The fraction of sp³-hybridized carbons (Fsp3) is 0.556. The lowest BCUT2D eigenvalue weighted by molar-refractivity contribution is 0.261. The van der Waals surface area contributed by atoms with E-state index in [2.05, 4.69) is 25.3 Å². The van der Waals surface area contributed by atoms with Crippen LogP contribution in [0.4, 0.5) is 0 Å². The quantitative estimate of drug-likeness (QED) is 0.599. The van der Waals surface area contributed by atoms with Gasteiger partial charge in [-0.05, 0) is 20.8 Å². The highest BCUT2D eigenvalue weighted by molar-refractivity contribution is 5.48. The van der Waals surface area contributed by atoms with E-state index < -0.39 is 0 Å². The first-order chi connectivity index (χ1) is 5.00. The van der Waals surface area contributed by atoms with Gasteiger partial charge in [0.1, 0.15) is 6.10 Å². The Labute approximate surface area is 66.5 Å². The fourth-order valence-electron chi connectivity index (χ4n) is 1.26. The van der Waals surface area contributed by atoms with Crippen LogP contribution in [0, 0.1) is 0 Å². The molecule has 0 aliphatic heterocycles. The molecule has 0 saturated heterocycles. The minimum Gasteiger partial charge on any atom is -0.384 e. The zero-order valence-electron chi connectivity index (χ0n) is 7.13. The minimum atomic E-state index is -0.242. The maximum atomic E-state index is 9.17. The van der Waals surface area contributed by atoms with E-state index in [4.69, 9.17) is 5.11 Å². The van der Waals surface area contributed by atoms with Crippen LogP contribution in [0.1, 0.15) is 38.0 Å². The Morgan fingerprint density at radius 1 is 1.27 bits per heavy atom. The molecule has 0 spiro atoms. The first kappa shape index (κ1) is 6.92. The average molecular weight is 151 g/mol. The van der Waals surface area contributed by atoms with Gasteiger partial charge in [-0.15, -0.1) is 0 Å². The molecule has 1 aliphatic carbocycles. The summed E-state index contributed by atoms with van der Waals surface area (Å²) in [5.41, 5.74) is 2.34. The summed E-state index contributed by atoms with van der Waals surface area (Å²) < 4.78 is 2.14. The first-order valence-electron chi connectivity index (χ1n) is 3.90. The van der Waals surface area contributed by atoms with Crippen LogP contribution in [0.3, 0.4) is 0 Å². The molecule has 0 aromatic carbocycles. The van der Waals surface area contributed by atoms with Gasteiger partial charge in [0.25, 0.3) is 0 Å².